The summed E-state index contributed by atoms with van der Waals surface area (Å²) in [7, 11) is 0. The van der Waals surface area contributed by atoms with E-state index in [9.17, 15) is 14.3 Å². The van der Waals surface area contributed by atoms with Crippen molar-refractivity contribution >= 4 is 0 Å². The molecule has 172 valence electrons. The summed E-state index contributed by atoms with van der Waals surface area (Å²) >= 11 is 0. The molecule has 6 heteroatoms. The number of nitrogens with zero attached hydrogens (tertiary/aromatic N) is 3. The van der Waals surface area contributed by atoms with Crippen molar-refractivity contribution in [3.05, 3.63) is 129 Å². The van der Waals surface area contributed by atoms with Gasteiger partial charge in [-0.3, -0.25) is 14.3 Å². The van der Waals surface area contributed by atoms with Gasteiger partial charge in [-0.05, 0) is 35.7 Å². The molecular weight excluding hydrogens is 429 g/mol. The molecule has 1 aromatic heterocycles. The lowest BCUT2D eigenvalue weighted by atomic mass is 9.97. The smallest absolute Gasteiger partial charge is 0.259 e. The van der Waals surface area contributed by atoms with Crippen molar-refractivity contribution in [2.24, 2.45) is 0 Å². The summed E-state index contributed by atoms with van der Waals surface area (Å²) in [5.41, 5.74) is 4.35. The topological polar surface area (TPSA) is 58.4 Å². The highest BCUT2D eigenvalue weighted by atomic mass is 19.1. The zero-order valence-electron chi connectivity index (χ0n) is 19.0. The minimum atomic E-state index is -0.636. The maximum absolute atomic E-state index is 13.9. The van der Waals surface area contributed by atoms with Gasteiger partial charge in [0.2, 0.25) is 0 Å². The monoisotopic (exact) mass is 455 g/mol. The Kier molecular flexibility index (Phi) is 5.99. The van der Waals surface area contributed by atoms with Gasteiger partial charge in [0.15, 0.2) is 11.6 Å². The molecule has 1 aliphatic rings. The van der Waals surface area contributed by atoms with E-state index in [0.29, 0.717) is 30.9 Å². The molecule has 0 amide bonds. The van der Waals surface area contributed by atoms with Gasteiger partial charge in [-0.15, -0.1) is 0 Å². The fraction of sp³-hybridized carbons (Fsp3) is 0.214. The van der Waals surface area contributed by atoms with Gasteiger partial charge in [0.25, 0.3) is 5.56 Å². The van der Waals surface area contributed by atoms with Crippen LogP contribution in [-0.4, -0.2) is 26.1 Å². The first-order valence-corrected chi connectivity index (χ1v) is 11.4. The molecule has 0 spiro atoms. The summed E-state index contributed by atoms with van der Waals surface area (Å²) < 4.78 is 15.3. The Morgan fingerprint density at radius 1 is 1.00 bits per heavy atom. The first kappa shape index (κ1) is 22.0. The van der Waals surface area contributed by atoms with Gasteiger partial charge in [-0.1, -0.05) is 66.7 Å². The van der Waals surface area contributed by atoms with Gasteiger partial charge < -0.3 is 5.11 Å². The van der Waals surface area contributed by atoms with Crippen LogP contribution < -0.4 is 5.56 Å². The highest BCUT2D eigenvalue weighted by Gasteiger charge is 2.27. The van der Waals surface area contributed by atoms with Crippen LogP contribution in [0.3, 0.4) is 0 Å². The molecule has 1 N–H and O–H groups in total. The molecule has 2 heterocycles. The number of aromatic hydroxyl groups is 1. The third kappa shape index (κ3) is 4.24. The molecule has 1 aliphatic heterocycles. The molecular formula is C28H26FN3O2. The molecule has 5 nitrogen and oxygen atoms in total. The number of rotatable bonds is 5. The van der Waals surface area contributed by atoms with Crippen molar-refractivity contribution in [1.29, 1.82) is 0 Å². The number of halogens is 1. The Labute approximate surface area is 197 Å². The van der Waals surface area contributed by atoms with Crippen LogP contribution in [0, 0.1) is 12.7 Å². The lowest BCUT2D eigenvalue weighted by molar-refractivity contribution is 0.239. The molecule has 0 saturated carbocycles. The van der Waals surface area contributed by atoms with Crippen LogP contribution in [0.1, 0.15) is 39.8 Å². The number of benzene rings is 3. The standard InChI is InChI=1S/C28H26FN3O2/c1-19-30-25-14-15-31(17-20-12-13-24(29)26(33)16-20)18-23(25)28(34)32(19)27(21-8-4-2-5-9-21)22-10-6-3-7-11-22/h2-13,16,27,33H,14-15,17-18H2,1H3. The van der Waals surface area contributed by atoms with Gasteiger partial charge in [-0.2, -0.15) is 0 Å². The van der Waals surface area contributed by atoms with Crippen LogP contribution >= 0.6 is 0 Å². The first-order valence-electron chi connectivity index (χ1n) is 11.4. The van der Waals surface area contributed by atoms with E-state index in [-0.39, 0.29) is 17.4 Å². The van der Waals surface area contributed by atoms with Gasteiger partial charge in [0.05, 0.1) is 17.3 Å². The maximum Gasteiger partial charge on any atom is 0.259 e. The Hall–Kier alpha value is -3.77. The molecule has 0 atom stereocenters. The maximum atomic E-state index is 13.9. The SMILES string of the molecule is Cc1nc2c(c(=O)n1C(c1ccccc1)c1ccccc1)CN(Cc1ccc(F)c(O)c1)CC2. The average Bonchev–Trinajstić information content (AvgIpc) is 2.85. The average molecular weight is 456 g/mol. The summed E-state index contributed by atoms with van der Waals surface area (Å²) in [6.45, 7) is 3.60. The molecule has 0 radical (unpaired) electrons. The van der Waals surface area contributed by atoms with Crippen molar-refractivity contribution in [1.82, 2.24) is 14.5 Å². The Morgan fingerprint density at radius 3 is 2.26 bits per heavy atom. The summed E-state index contributed by atoms with van der Waals surface area (Å²) in [6, 6.07) is 24.1. The Bertz CT molecular complexity index is 1330. The fourth-order valence-electron chi connectivity index (χ4n) is 4.78. The van der Waals surface area contributed by atoms with Gasteiger partial charge in [0.1, 0.15) is 5.82 Å². The highest BCUT2D eigenvalue weighted by molar-refractivity contribution is 5.35. The summed E-state index contributed by atoms with van der Waals surface area (Å²) in [6.07, 6.45) is 0.667. The molecule has 0 bridgehead atoms. The molecule has 4 aromatic rings. The number of aromatic nitrogens is 2. The third-order valence-electron chi connectivity index (χ3n) is 6.42. The second-order valence-corrected chi connectivity index (χ2v) is 8.73. The van der Waals surface area contributed by atoms with Crippen LogP contribution in [-0.2, 0) is 19.5 Å². The van der Waals surface area contributed by atoms with Crippen LogP contribution in [0.25, 0.3) is 0 Å². The van der Waals surface area contributed by atoms with Crippen LogP contribution in [0.2, 0.25) is 0 Å². The van der Waals surface area contributed by atoms with E-state index in [1.54, 1.807) is 10.6 Å². The van der Waals surface area contributed by atoms with E-state index >= 15 is 0 Å². The second kappa shape index (κ2) is 9.23. The number of hydrogen-bond acceptors (Lipinski definition) is 4. The van der Waals surface area contributed by atoms with Gasteiger partial charge >= 0.3 is 0 Å². The van der Waals surface area contributed by atoms with Crippen LogP contribution in [0.15, 0.2) is 83.7 Å². The van der Waals surface area contributed by atoms with E-state index in [0.717, 1.165) is 28.9 Å². The zero-order chi connectivity index (χ0) is 23.7. The molecule has 34 heavy (non-hydrogen) atoms. The lowest BCUT2D eigenvalue weighted by Crippen LogP contribution is -2.40. The predicted molar refractivity (Wildman–Crippen MR) is 129 cm³/mol. The largest absolute Gasteiger partial charge is 0.505 e. The normalized spacial score (nSPS) is 13.7. The quantitative estimate of drug-likeness (QED) is 0.478. The number of aryl methyl sites for hydroxylation is 1. The first-order chi connectivity index (χ1) is 16.5. The van der Waals surface area contributed by atoms with E-state index in [1.807, 2.05) is 67.6 Å². The van der Waals surface area contributed by atoms with Crippen LogP contribution in [0.4, 0.5) is 4.39 Å². The second-order valence-electron chi connectivity index (χ2n) is 8.73. The van der Waals surface area contributed by atoms with Crippen molar-refractivity contribution in [2.45, 2.75) is 32.5 Å². The molecule has 0 aliphatic carbocycles. The number of hydrogen-bond donors (Lipinski definition) is 1. The van der Waals surface area contributed by atoms with E-state index in [4.69, 9.17) is 4.98 Å². The molecule has 0 fully saturated rings. The number of phenols is 1. The van der Waals surface area contributed by atoms with Crippen molar-refractivity contribution in [2.75, 3.05) is 6.54 Å². The lowest BCUT2D eigenvalue weighted by Gasteiger charge is -2.30. The number of phenolic OH excluding ortho intramolecular Hbond substituents is 1. The summed E-state index contributed by atoms with van der Waals surface area (Å²) in [5, 5.41) is 9.72. The van der Waals surface area contributed by atoms with Crippen LogP contribution in [0.5, 0.6) is 5.75 Å². The number of fused-ring (bicyclic) bond motifs is 1. The predicted octanol–water partition coefficient (Wildman–Crippen LogP) is 4.59. The fourth-order valence-corrected chi connectivity index (χ4v) is 4.78. The van der Waals surface area contributed by atoms with E-state index < -0.39 is 5.82 Å². The molecule has 5 rings (SSSR count). The van der Waals surface area contributed by atoms with Crippen molar-refractivity contribution in [3.8, 4) is 5.75 Å². The highest BCUT2D eigenvalue weighted by Crippen LogP contribution is 2.28. The minimum absolute atomic E-state index is 0.0353. The third-order valence-corrected chi connectivity index (χ3v) is 6.42. The van der Waals surface area contributed by atoms with Crippen molar-refractivity contribution < 1.29 is 9.50 Å². The zero-order valence-corrected chi connectivity index (χ0v) is 19.0. The summed E-state index contributed by atoms with van der Waals surface area (Å²) in [4.78, 5) is 20.9. The van der Waals surface area contributed by atoms with E-state index in [1.165, 1.54) is 12.1 Å². The minimum Gasteiger partial charge on any atom is -0.505 e. The van der Waals surface area contributed by atoms with E-state index in [2.05, 4.69) is 4.90 Å². The Balaban J connectivity index is 1.54. The molecule has 0 unspecified atom stereocenters. The van der Waals surface area contributed by atoms with Gasteiger partial charge in [-0.25, -0.2) is 9.37 Å². The van der Waals surface area contributed by atoms with Crippen molar-refractivity contribution in [3.63, 3.8) is 0 Å². The van der Waals surface area contributed by atoms with Gasteiger partial charge in [0, 0.05) is 26.1 Å². The summed E-state index contributed by atoms with van der Waals surface area (Å²) in [5.74, 6) is -0.301. The Morgan fingerprint density at radius 2 is 1.65 bits per heavy atom. The molecule has 3 aromatic carbocycles. The molecule has 0 saturated heterocycles.